The Balaban J connectivity index is 2.87. The molecule has 10 heavy (non-hydrogen) atoms. The van der Waals surface area contributed by atoms with Crippen molar-refractivity contribution in [3.05, 3.63) is 17.8 Å². The Bertz CT molecular complexity index is 197. The number of rotatable bonds is 2. The second kappa shape index (κ2) is 3.37. The molecule has 0 spiro atoms. The van der Waals surface area contributed by atoms with Gasteiger partial charge in [-0.1, -0.05) is 0 Å². The van der Waals surface area contributed by atoms with Gasteiger partial charge in [-0.25, -0.2) is 0 Å². The molecular formula is C6H7ClN2O. The van der Waals surface area contributed by atoms with E-state index in [1.807, 2.05) is 0 Å². The lowest BCUT2D eigenvalue weighted by Gasteiger charge is -1.96. The summed E-state index contributed by atoms with van der Waals surface area (Å²) in [6.07, 6.45) is 1.61. The molecule has 0 saturated heterocycles. The summed E-state index contributed by atoms with van der Waals surface area (Å²) >= 11 is 5.53. The summed E-state index contributed by atoms with van der Waals surface area (Å²) in [5, 5.41) is 7.34. The number of hydrogen-bond donors (Lipinski definition) is 0. The van der Waals surface area contributed by atoms with Crippen LogP contribution in [0.4, 0.5) is 0 Å². The lowest BCUT2D eigenvalue weighted by Crippen LogP contribution is -1.91. The third-order valence-electron chi connectivity index (χ3n) is 1.05. The van der Waals surface area contributed by atoms with E-state index < -0.39 is 0 Å². The van der Waals surface area contributed by atoms with E-state index in [1.165, 1.54) is 0 Å². The third kappa shape index (κ3) is 1.57. The van der Waals surface area contributed by atoms with E-state index in [0.717, 1.165) is 5.56 Å². The van der Waals surface area contributed by atoms with E-state index in [9.17, 15) is 0 Å². The first kappa shape index (κ1) is 7.28. The topological polar surface area (TPSA) is 35.0 Å². The maximum Gasteiger partial charge on any atom is 0.233 e. The molecule has 0 N–H and O–H groups in total. The van der Waals surface area contributed by atoms with E-state index in [4.69, 9.17) is 16.3 Å². The monoisotopic (exact) mass is 158 g/mol. The van der Waals surface area contributed by atoms with Crippen molar-refractivity contribution >= 4 is 11.6 Å². The fourth-order valence-electron chi connectivity index (χ4n) is 0.557. The van der Waals surface area contributed by atoms with Gasteiger partial charge in [-0.15, -0.1) is 16.7 Å². The van der Waals surface area contributed by atoms with Crippen LogP contribution in [0.15, 0.2) is 12.3 Å². The van der Waals surface area contributed by atoms with Crippen molar-refractivity contribution in [3.63, 3.8) is 0 Å². The molecule has 0 aliphatic heterocycles. The molecule has 0 radical (unpaired) electrons. The SMILES string of the molecule is COc1cc(CCl)cnn1. The van der Waals surface area contributed by atoms with Crippen LogP contribution in [-0.4, -0.2) is 17.3 Å². The number of methoxy groups -OCH3 is 1. The Morgan fingerprint density at radius 2 is 2.50 bits per heavy atom. The maximum absolute atomic E-state index is 5.53. The van der Waals surface area contributed by atoms with Crippen LogP contribution in [0.5, 0.6) is 5.88 Å². The molecule has 0 aromatic carbocycles. The number of ether oxygens (including phenoxy) is 1. The molecule has 54 valence electrons. The summed E-state index contributed by atoms with van der Waals surface area (Å²) in [4.78, 5) is 0. The molecule has 3 nitrogen and oxygen atoms in total. The Morgan fingerprint density at radius 1 is 1.70 bits per heavy atom. The molecule has 0 atom stereocenters. The van der Waals surface area contributed by atoms with Crippen molar-refractivity contribution in [1.82, 2.24) is 10.2 Å². The number of halogens is 1. The summed E-state index contributed by atoms with van der Waals surface area (Å²) in [7, 11) is 1.54. The molecule has 1 aromatic heterocycles. The molecule has 4 heteroatoms. The molecular weight excluding hydrogens is 152 g/mol. The lowest BCUT2D eigenvalue weighted by molar-refractivity contribution is 0.391. The first-order valence-electron chi connectivity index (χ1n) is 2.78. The van der Waals surface area contributed by atoms with Gasteiger partial charge in [0.05, 0.1) is 13.3 Å². The van der Waals surface area contributed by atoms with Crippen LogP contribution in [0.2, 0.25) is 0 Å². The summed E-state index contributed by atoms with van der Waals surface area (Å²) < 4.78 is 4.82. The smallest absolute Gasteiger partial charge is 0.233 e. The highest BCUT2D eigenvalue weighted by Gasteiger charge is 1.94. The summed E-state index contributed by atoms with van der Waals surface area (Å²) in [5.74, 6) is 0.935. The van der Waals surface area contributed by atoms with E-state index in [-0.39, 0.29) is 0 Å². The fraction of sp³-hybridized carbons (Fsp3) is 0.333. The molecule has 0 bridgehead atoms. The predicted octanol–water partition coefficient (Wildman–Crippen LogP) is 1.22. The summed E-state index contributed by atoms with van der Waals surface area (Å²) in [6.45, 7) is 0. The number of hydrogen-bond acceptors (Lipinski definition) is 3. The normalized spacial score (nSPS) is 9.40. The van der Waals surface area contributed by atoms with Crippen molar-refractivity contribution in [2.45, 2.75) is 5.88 Å². The van der Waals surface area contributed by atoms with Crippen LogP contribution in [-0.2, 0) is 5.88 Å². The van der Waals surface area contributed by atoms with Gasteiger partial charge in [-0.2, -0.15) is 5.10 Å². The van der Waals surface area contributed by atoms with Gasteiger partial charge >= 0.3 is 0 Å². The van der Waals surface area contributed by atoms with Gasteiger partial charge in [0.1, 0.15) is 0 Å². The van der Waals surface area contributed by atoms with Crippen molar-refractivity contribution < 1.29 is 4.74 Å². The minimum Gasteiger partial charge on any atom is -0.480 e. The Hall–Kier alpha value is -0.830. The Morgan fingerprint density at radius 3 is 3.10 bits per heavy atom. The van der Waals surface area contributed by atoms with Crippen molar-refractivity contribution in [2.75, 3.05) is 7.11 Å². The average molecular weight is 159 g/mol. The van der Waals surface area contributed by atoms with E-state index in [0.29, 0.717) is 11.8 Å². The number of aromatic nitrogens is 2. The summed E-state index contributed by atoms with van der Waals surface area (Å²) in [5.41, 5.74) is 0.911. The quantitative estimate of drug-likeness (QED) is 0.608. The molecule has 1 rings (SSSR count). The average Bonchev–Trinajstić information content (AvgIpc) is 2.05. The zero-order chi connectivity index (χ0) is 7.40. The van der Waals surface area contributed by atoms with Crippen LogP contribution in [0.25, 0.3) is 0 Å². The van der Waals surface area contributed by atoms with E-state index in [1.54, 1.807) is 19.4 Å². The molecule has 0 unspecified atom stereocenters. The van der Waals surface area contributed by atoms with E-state index in [2.05, 4.69) is 10.2 Å². The molecule has 1 aromatic rings. The minimum absolute atomic E-state index is 0.436. The second-order valence-corrected chi connectivity index (χ2v) is 2.01. The van der Waals surface area contributed by atoms with Crippen molar-refractivity contribution in [3.8, 4) is 5.88 Å². The van der Waals surface area contributed by atoms with Crippen molar-refractivity contribution in [2.24, 2.45) is 0 Å². The molecule has 1 heterocycles. The zero-order valence-corrected chi connectivity index (χ0v) is 6.30. The number of alkyl halides is 1. The van der Waals surface area contributed by atoms with Crippen LogP contribution >= 0.6 is 11.6 Å². The van der Waals surface area contributed by atoms with E-state index >= 15 is 0 Å². The predicted molar refractivity (Wildman–Crippen MR) is 38.1 cm³/mol. The standard InChI is InChI=1S/C6H7ClN2O/c1-10-6-2-5(3-7)4-8-9-6/h2,4H,3H2,1H3. The van der Waals surface area contributed by atoms with Gasteiger partial charge in [0, 0.05) is 11.9 Å². The van der Waals surface area contributed by atoms with Crippen molar-refractivity contribution in [1.29, 1.82) is 0 Å². The van der Waals surface area contributed by atoms with Gasteiger partial charge in [-0.3, -0.25) is 0 Å². The van der Waals surface area contributed by atoms with Gasteiger partial charge < -0.3 is 4.74 Å². The minimum atomic E-state index is 0.436. The van der Waals surface area contributed by atoms with Gasteiger partial charge in [-0.05, 0) is 5.56 Å². The molecule has 0 fully saturated rings. The fourth-order valence-corrected chi connectivity index (χ4v) is 0.704. The van der Waals surface area contributed by atoms with Gasteiger partial charge in [0.25, 0.3) is 0 Å². The van der Waals surface area contributed by atoms with Crippen LogP contribution in [0.1, 0.15) is 5.56 Å². The number of nitrogens with zero attached hydrogens (tertiary/aromatic N) is 2. The molecule has 0 saturated carbocycles. The maximum atomic E-state index is 5.53. The first-order chi connectivity index (χ1) is 4.86. The highest BCUT2D eigenvalue weighted by atomic mass is 35.5. The molecule has 0 aliphatic carbocycles. The van der Waals surface area contributed by atoms with Crippen LogP contribution in [0.3, 0.4) is 0 Å². The van der Waals surface area contributed by atoms with Crippen LogP contribution in [0, 0.1) is 0 Å². The zero-order valence-electron chi connectivity index (χ0n) is 5.54. The lowest BCUT2D eigenvalue weighted by atomic mass is 10.3. The third-order valence-corrected chi connectivity index (χ3v) is 1.36. The Kier molecular flexibility index (Phi) is 2.45. The molecule has 0 aliphatic rings. The second-order valence-electron chi connectivity index (χ2n) is 1.74. The van der Waals surface area contributed by atoms with Gasteiger partial charge in [0.2, 0.25) is 5.88 Å². The van der Waals surface area contributed by atoms with Gasteiger partial charge in [0.15, 0.2) is 0 Å². The highest BCUT2D eigenvalue weighted by molar-refractivity contribution is 6.17. The Labute approximate surface area is 64.0 Å². The van der Waals surface area contributed by atoms with Crippen LogP contribution < -0.4 is 4.74 Å². The summed E-state index contributed by atoms with van der Waals surface area (Å²) in [6, 6.07) is 1.75. The first-order valence-corrected chi connectivity index (χ1v) is 3.32. The highest BCUT2D eigenvalue weighted by Crippen LogP contribution is 2.07. The molecule has 0 amide bonds. The largest absolute Gasteiger partial charge is 0.480 e.